The molecule has 0 saturated heterocycles. The first-order chi connectivity index (χ1) is 9.13. The molecular formula is C13H19N5O. The zero-order valence-electron chi connectivity index (χ0n) is 11.7. The normalized spacial score (nSPS) is 14.6. The molecule has 0 radical (unpaired) electrons. The maximum Gasteiger partial charge on any atom is 0.240 e. The minimum Gasteiger partial charge on any atom is -0.338 e. The highest BCUT2D eigenvalue weighted by atomic mass is 16.5. The molecule has 2 heterocycles. The molecule has 0 saturated carbocycles. The molecule has 2 rings (SSSR count). The number of rotatable bonds is 5. The summed E-state index contributed by atoms with van der Waals surface area (Å²) in [5, 5.41) is 7.20. The summed E-state index contributed by atoms with van der Waals surface area (Å²) >= 11 is 0. The SMILES string of the molecule is CNC(C)C(c1nc(-c2ncccn2)no1)C(C)C. The lowest BCUT2D eigenvalue weighted by Crippen LogP contribution is -2.32. The van der Waals surface area contributed by atoms with Gasteiger partial charge in [-0.3, -0.25) is 0 Å². The van der Waals surface area contributed by atoms with Crippen LogP contribution in [-0.4, -0.2) is 33.2 Å². The van der Waals surface area contributed by atoms with E-state index in [0.717, 1.165) is 0 Å². The van der Waals surface area contributed by atoms with Crippen molar-refractivity contribution in [1.82, 2.24) is 25.4 Å². The molecule has 19 heavy (non-hydrogen) atoms. The van der Waals surface area contributed by atoms with Crippen LogP contribution in [0.25, 0.3) is 11.6 Å². The minimum absolute atomic E-state index is 0.162. The summed E-state index contributed by atoms with van der Waals surface area (Å²) in [7, 11) is 1.93. The van der Waals surface area contributed by atoms with E-state index in [0.29, 0.717) is 23.5 Å². The Labute approximate surface area is 112 Å². The van der Waals surface area contributed by atoms with Crippen LogP contribution in [0.4, 0.5) is 0 Å². The predicted octanol–water partition coefficient (Wildman–Crippen LogP) is 1.87. The molecule has 2 aromatic heterocycles. The summed E-state index contributed by atoms with van der Waals surface area (Å²) < 4.78 is 5.38. The van der Waals surface area contributed by atoms with Gasteiger partial charge in [-0.15, -0.1) is 0 Å². The molecule has 0 spiro atoms. The summed E-state index contributed by atoms with van der Waals surface area (Å²) in [5.74, 6) is 2.10. The van der Waals surface area contributed by atoms with Gasteiger partial charge in [0.15, 0.2) is 0 Å². The molecule has 6 heteroatoms. The van der Waals surface area contributed by atoms with Crippen molar-refractivity contribution in [2.24, 2.45) is 5.92 Å². The first kappa shape index (κ1) is 13.6. The van der Waals surface area contributed by atoms with E-state index in [1.54, 1.807) is 18.5 Å². The van der Waals surface area contributed by atoms with Gasteiger partial charge in [-0.1, -0.05) is 19.0 Å². The van der Waals surface area contributed by atoms with Gasteiger partial charge in [0.25, 0.3) is 0 Å². The topological polar surface area (TPSA) is 76.7 Å². The zero-order chi connectivity index (χ0) is 13.8. The fourth-order valence-electron chi connectivity index (χ4n) is 2.13. The van der Waals surface area contributed by atoms with Gasteiger partial charge in [0.1, 0.15) is 0 Å². The summed E-state index contributed by atoms with van der Waals surface area (Å²) in [6.45, 7) is 6.39. The molecule has 0 aliphatic rings. The van der Waals surface area contributed by atoms with Crippen molar-refractivity contribution in [2.45, 2.75) is 32.7 Å². The molecule has 0 bridgehead atoms. The minimum atomic E-state index is 0.162. The summed E-state index contributed by atoms with van der Waals surface area (Å²) in [6.07, 6.45) is 3.32. The van der Waals surface area contributed by atoms with Crippen LogP contribution in [0, 0.1) is 5.92 Å². The van der Waals surface area contributed by atoms with Crippen LogP contribution in [0.5, 0.6) is 0 Å². The Morgan fingerprint density at radius 2 is 1.79 bits per heavy atom. The van der Waals surface area contributed by atoms with Gasteiger partial charge in [0, 0.05) is 18.4 Å². The van der Waals surface area contributed by atoms with E-state index in [2.05, 4.69) is 46.2 Å². The Hall–Kier alpha value is -1.82. The second-order valence-corrected chi connectivity index (χ2v) is 4.88. The van der Waals surface area contributed by atoms with Gasteiger partial charge in [-0.2, -0.15) is 4.98 Å². The lowest BCUT2D eigenvalue weighted by atomic mass is 9.89. The highest BCUT2D eigenvalue weighted by molar-refractivity contribution is 5.40. The van der Waals surface area contributed by atoms with Gasteiger partial charge in [-0.25, -0.2) is 9.97 Å². The van der Waals surface area contributed by atoms with Gasteiger partial charge >= 0.3 is 0 Å². The maximum absolute atomic E-state index is 5.38. The first-order valence-electron chi connectivity index (χ1n) is 6.41. The molecule has 6 nitrogen and oxygen atoms in total. The van der Waals surface area contributed by atoms with Gasteiger partial charge in [0.05, 0.1) is 5.92 Å². The van der Waals surface area contributed by atoms with Crippen molar-refractivity contribution >= 4 is 0 Å². The molecule has 102 valence electrons. The number of hydrogen-bond acceptors (Lipinski definition) is 6. The Morgan fingerprint density at radius 1 is 1.11 bits per heavy atom. The zero-order valence-corrected chi connectivity index (χ0v) is 11.7. The number of hydrogen-bond donors (Lipinski definition) is 1. The van der Waals surface area contributed by atoms with Crippen LogP contribution in [0.3, 0.4) is 0 Å². The molecule has 2 aromatic rings. The molecule has 0 amide bonds. The van der Waals surface area contributed by atoms with Crippen LogP contribution >= 0.6 is 0 Å². The van der Waals surface area contributed by atoms with Crippen LogP contribution in [0.1, 0.15) is 32.6 Å². The van der Waals surface area contributed by atoms with Crippen molar-refractivity contribution in [3.05, 3.63) is 24.4 Å². The van der Waals surface area contributed by atoms with Crippen molar-refractivity contribution in [3.63, 3.8) is 0 Å². The van der Waals surface area contributed by atoms with Crippen molar-refractivity contribution in [2.75, 3.05) is 7.05 Å². The van der Waals surface area contributed by atoms with Gasteiger partial charge in [-0.05, 0) is 26.0 Å². The molecule has 0 fully saturated rings. The number of likely N-dealkylation sites (N-methyl/N-ethyl adjacent to an activating group) is 1. The van der Waals surface area contributed by atoms with Crippen molar-refractivity contribution < 1.29 is 4.52 Å². The van der Waals surface area contributed by atoms with Gasteiger partial charge < -0.3 is 9.84 Å². The molecule has 0 aliphatic carbocycles. The van der Waals surface area contributed by atoms with Crippen LogP contribution in [0.15, 0.2) is 23.0 Å². The third-order valence-electron chi connectivity index (χ3n) is 3.20. The maximum atomic E-state index is 5.38. The lowest BCUT2D eigenvalue weighted by Gasteiger charge is -2.23. The van der Waals surface area contributed by atoms with Crippen LogP contribution in [-0.2, 0) is 0 Å². The summed E-state index contributed by atoms with van der Waals surface area (Å²) in [6, 6.07) is 2.01. The number of nitrogens with zero attached hydrogens (tertiary/aromatic N) is 4. The average molecular weight is 261 g/mol. The molecular weight excluding hydrogens is 242 g/mol. The van der Waals surface area contributed by atoms with E-state index in [4.69, 9.17) is 4.52 Å². The van der Waals surface area contributed by atoms with E-state index in [9.17, 15) is 0 Å². The largest absolute Gasteiger partial charge is 0.338 e. The van der Waals surface area contributed by atoms with Crippen molar-refractivity contribution in [1.29, 1.82) is 0 Å². The third kappa shape index (κ3) is 2.96. The number of aromatic nitrogens is 4. The van der Waals surface area contributed by atoms with E-state index in [-0.39, 0.29) is 12.0 Å². The smallest absolute Gasteiger partial charge is 0.240 e. The lowest BCUT2D eigenvalue weighted by molar-refractivity contribution is 0.286. The summed E-state index contributed by atoms with van der Waals surface area (Å²) in [4.78, 5) is 12.7. The highest BCUT2D eigenvalue weighted by Crippen LogP contribution is 2.27. The highest BCUT2D eigenvalue weighted by Gasteiger charge is 2.28. The fraction of sp³-hybridized carbons (Fsp3) is 0.538. The van der Waals surface area contributed by atoms with Crippen LogP contribution in [0.2, 0.25) is 0 Å². The molecule has 1 N–H and O–H groups in total. The summed E-state index contributed by atoms with van der Waals surface area (Å²) in [5.41, 5.74) is 0. The van der Waals surface area contributed by atoms with Gasteiger partial charge in [0.2, 0.25) is 17.5 Å². The van der Waals surface area contributed by atoms with E-state index in [1.165, 1.54) is 0 Å². The Morgan fingerprint density at radius 3 is 2.37 bits per heavy atom. The second kappa shape index (κ2) is 5.88. The molecule has 2 unspecified atom stereocenters. The Balaban J connectivity index is 2.29. The van der Waals surface area contributed by atoms with Crippen LogP contribution < -0.4 is 5.32 Å². The quantitative estimate of drug-likeness (QED) is 0.885. The molecule has 2 atom stereocenters. The predicted molar refractivity (Wildman–Crippen MR) is 71.4 cm³/mol. The van der Waals surface area contributed by atoms with E-state index < -0.39 is 0 Å². The second-order valence-electron chi connectivity index (χ2n) is 4.88. The van der Waals surface area contributed by atoms with Crippen molar-refractivity contribution in [3.8, 4) is 11.6 Å². The fourth-order valence-corrected chi connectivity index (χ4v) is 2.13. The average Bonchev–Trinajstić information content (AvgIpc) is 2.88. The molecule has 0 aromatic carbocycles. The van der Waals surface area contributed by atoms with E-state index >= 15 is 0 Å². The third-order valence-corrected chi connectivity index (χ3v) is 3.20. The Bertz CT molecular complexity index is 511. The van der Waals surface area contributed by atoms with E-state index in [1.807, 2.05) is 7.05 Å². The first-order valence-corrected chi connectivity index (χ1v) is 6.41. The standard InChI is InChI=1S/C13H19N5O/c1-8(2)10(9(3)14-4)13-17-12(18-19-13)11-15-6-5-7-16-11/h5-10,14H,1-4H3. The Kier molecular flexibility index (Phi) is 4.21. The monoisotopic (exact) mass is 261 g/mol. The molecule has 0 aliphatic heterocycles. The number of nitrogens with one attached hydrogen (secondary N) is 1.